The fraction of sp³-hybridized carbons (Fsp3) is 0.0714. The van der Waals surface area contributed by atoms with E-state index in [2.05, 4.69) is 30.5 Å². The van der Waals surface area contributed by atoms with Crippen LogP contribution in [0.2, 0.25) is 0 Å². The average Bonchev–Trinajstić information content (AvgIpc) is 2.96. The fourth-order valence-electron chi connectivity index (χ4n) is 1.96. The Hall–Kier alpha value is -1.64. The van der Waals surface area contributed by atoms with Gasteiger partial charge < -0.3 is 0 Å². The largest absolute Gasteiger partial charge is 0.263 e. The van der Waals surface area contributed by atoms with Crippen LogP contribution in [-0.2, 0) is 9.84 Å². The Labute approximate surface area is 140 Å². The van der Waals surface area contributed by atoms with E-state index in [1.165, 1.54) is 17.8 Å². The third kappa shape index (κ3) is 3.08. The van der Waals surface area contributed by atoms with Crippen molar-refractivity contribution in [3.8, 4) is 21.7 Å². The molecule has 0 saturated heterocycles. The van der Waals surface area contributed by atoms with Gasteiger partial charge in [0.25, 0.3) is 0 Å². The molecule has 0 aliphatic heterocycles. The molecule has 0 bridgehead atoms. The predicted molar refractivity (Wildman–Crippen MR) is 89.4 cm³/mol. The quantitative estimate of drug-likeness (QED) is 0.678. The monoisotopic (exact) mass is 395 g/mol. The first-order chi connectivity index (χ1) is 10.4. The third-order valence-electron chi connectivity index (χ3n) is 3.01. The molecule has 0 saturated carbocycles. The zero-order valence-corrected chi connectivity index (χ0v) is 14.6. The van der Waals surface area contributed by atoms with Gasteiger partial charge in [-0.3, -0.25) is 4.98 Å². The van der Waals surface area contributed by atoms with E-state index in [-0.39, 0.29) is 0 Å². The molecule has 1 aromatic carbocycles. The lowest BCUT2D eigenvalue weighted by atomic mass is 10.1. The molecular formula is C14H10BrN3O2S2. The van der Waals surface area contributed by atoms with Gasteiger partial charge in [-0.15, -0.1) is 5.10 Å². The number of nitrogens with zero attached hydrogens (tertiary/aromatic N) is 3. The minimum atomic E-state index is -3.20. The number of hydrogen-bond donors (Lipinski definition) is 0. The maximum absolute atomic E-state index is 11.5. The van der Waals surface area contributed by atoms with Crippen LogP contribution in [0.5, 0.6) is 0 Å². The molecule has 22 heavy (non-hydrogen) atoms. The van der Waals surface area contributed by atoms with E-state index in [1.54, 1.807) is 36.7 Å². The van der Waals surface area contributed by atoms with Crippen molar-refractivity contribution < 1.29 is 8.42 Å². The van der Waals surface area contributed by atoms with Crippen molar-refractivity contribution in [3.05, 3.63) is 47.2 Å². The second-order valence-electron chi connectivity index (χ2n) is 4.64. The maximum Gasteiger partial charge on any atom is 0.175 e. The second-order valence-corrected chi connectivity index (χ2v) is 8.32. The van der Waals surface area contributed by atoms with Gasteiger partial charge in [-0.2, -0.15) is 0 Å². The van der Waals surface area contributed by atoms with Crippen molar-refractivity contribution in [1.29, 1.82) is 0 Å². The summed E-state index contributed by atoms with van der Waals surface area (Å²) in [7, 11) is -3.20. The fourth-order valence-corrected chi connectivity index (χ4v) is 3.65. The van der Waals surface area contributed by atoms with E-state index in [0.717, 1.165) is 26.2 Å². The van der Waals surface area contributed by atoms with Crippen molar-refractivity contribution in [2.45, 2.75) is 4.90 Å². The molecule has 2 aromatic heterocycles. The number of benzene rings is 1. The molecule has 3 aromatic rings. The number of pyridine rings is 1. The molecule has 0 aliphatic carbocycles. The summed E-state index contributed by atoms with van der Waals surface area (Å²) in [6, 6.07) is 8.62. The van der Waals surface area contributed by atoms with Gasteiger partial charge in [0.2, 0.25) is 0 Å². The Kier molecular flexibility index (Phi) is 4.07. The van der Waals surface area contributed by atoms with E-state index in [1.807, 2.05) is 6.07 Å². The van der Waals surface area contributed by atoms with E-state index in [4.69, 9.17) is 0 Å². The summed E-state index contributed by atoms with van der Waals surface area (Å²) in [6.07, 6.45) is 4.61. The second kappa shape index (κ2) is 5.86. The number of sulfone groups is 1. The Bertz CT molecular complexity index is 921. The summed E-state index contributed by atoms with van der Waals surface area (Å²) >= 11 is 4.65. The first kappa shape index (κ1) is 15.3. The minimum Gasteiger partial charge on any atom is -0.263 e. The summed E-state index contributed by atoms with van der Waals surface area (Å²) < 4.78 is 27.9. The van der Waals surface area contributed by atoms with E-state index in [9.17, 15) is 8.42 Å². The van der Waals surface area contributed by atoms with Crippen LogP contribution in [0.1, 0.15) is 0 Å². The van der Waals surface area contributed by atoms with Gasteiger partial charge in [-0.25, -0.2) is 8.42 Å². The first-order valence-electron chi connectivity index (χ1n) is 6.19. The highest BCUT2D eigenvalue weighted by Crippen LogP contribution is 2.34. The smallest absolute Gasteiger partial charge is 0.175 e. The van der Waals surface area contributed by atoms with Gasteiger partial charge in [0.15, 0.2) is 9.84 Å². The zero-order valence-electron chi connectivity index (χ0n) is 11.4. The molecule has 112 valence electrons. The highest BCUT2D eigenvalue weighted by atomic mass is 79.9. The van der Waals surface area contributed by atoms with Crippen LogP contribution < -0.4 is 0 Å². The van der Waals surface area contributed by atoms with E-state index < -0.39 is 9.84 Å². The maximum atomic E-state index is 11.5. The topological polar surface area (TPSA) is 72.8 Å². The molecule has 8 heteroatoms. The summed E-state index contributed by atoms with van der Waals surface area (Å²) in [5, 5.41) is 4.16. The van der Waals surface area contributed by atoms with Crippen molar-refractivity contribution in [1.82, 2.24) is 14.6 Å². The number of halogens is 1. The Morgan fingerprint density at radius 2 is 1.82 bits per heavy atom. The lowest BCUT2D eigenvalue weighted by molar-refractivity contribution is 0.602. The summed E-state index contributed by atoms with van der Waals surface area (Å²) in [4.78, 5) is 5.30. The highest BCUT2D eigenvalue weighted by molar-refractivity contribution is 9.10. The Balaban J connectivity index is 2.06. The first-order valence-corrected chi connectivity index (χ1v) is 9.65. The van der Waals surface area contributed by atoms with Crippen molar-refractivity contribution in [3.63, 3.8) is 0 Å². The molecule has 0 spiro atoms. The van der Waals surface area contributed by atoms with Crippen LogP contribution in [-0.4, -0.2) is 29.2 Å². The molecule has 0 atom stereocenters. The molecule has 5 nitrogen and oxygen atoms in total. The third-order valence-corrected chi connectivity index (χ3v) is 5.35. The van der Waals surface area contributed by atoms with Crippen LogP contribution in [0, 0.1) is 0 Å². The van der Waals surface area contributed by atoms with E-state index >= 15 is 0 Å². The van der Waals surface area contributed by atoms with Gasteiger partial charge in [0.1, 0.15) is 5.69 Å². The minimum absolute atomic E-state index is 0.291. The molecule has 0 amide bonds. The SMILES string of the molecule is CS(=O)(=O)c1ccc(-c2snnc2-c2cncc(Br)c2)cc1. The Morgan fingerprint density at radius 1 is 1.09 bits per heavy atom. The van der Waals surface area contributed by atoms with Crippen LogP contribution in [0.3, 0.4) is 0 Å². The van der Waals surface area contributed by atoms with Gasteiger partial charge in [-0.1, -0.05) is 16.6 Å². The molecule has 0 aliphatic rings. The molecule has 2 heterocycles. The molecule has 0 radical (unpaired) electrons. The highest BCUT2D eigenvalue weighted by Gasteiger charge is 2.14. The van der Waals surface area contributed by atoms with Gasteiger partial charge in [0.05, 0.1) is 9.77 Å². The summed E-state index contributed by atoms with van der Waals surface area (Å²) in [6.45, 7) is 0. The van der Waals surface area contributed by atoms with Crippen LogP contribution in [0.15, 0.2) is 52.1 Å². The van der Waals surface area contributed by atoms with Crippen LogP contribution in [0.25, 0.3) is 21.7 Å². The normalized spacial score (nSPS) is 11.5. The van der Waals surface area contributed by atoms with Gasteiger partial charge in [-0.05, 0) is 51.2 Å². The molecule has 0 unspecified atom stereocenters. The predicted octanol–water partition coefficient (Wildman–Crippen LogP) is 3.43. The summed E-state index contributed by atoms with van der Waals surface area (Å²) in [5.74, 6) is 0. The molecular weight excluding hydrogens is 386 g/mol. The lowest BCUT2D eigenvalue weighted by Crippen LogP contribution is -1.96. The van der Waals surface area contributed by atoms with E-state index in [0.29, 0.717) is 4.90 Å². The number of rotatable bonds is 3. The number of hydrogen-bond acceptors (Lipinski definition) is 6. The zero-order chi connectivity index (χ0) is 15.7. The van der Waals surface area contributed by atoms with Crippen molar-refractivity contribution >= 4 is 37.3 Å². The van der Waals surface area contributed by atoms with Crippen LogP contribution >= 0.6 is 27.5 Å². The Morgan fingerprint density at radius 3 is 2.45 bits per heavy atom. The average molecular weight is 396 g/mol. The van der Waals surface area contributed by atoms with Gasteiger partial charge >= 0.3 is 0 Å². The molecule has 0 N–H and O–H groups in total. The summed E-state index contributed by atoms with van der Waals surface area (Å²) in [5.41, 5.74) is 2.45. The lowest BCUT2D eigenvalue weighted by Gasteiger charge is -2.03. The molecule has 0 fully saturated rings. The standard InChI is InChI=1S/C14H10BrN3O2S2/c1-22(19,20)12-4-2-9(3-5-12)14-13(17-18-21-14)10-6-11(15)8-16-7-10/h2-8H,1H3. The van der Waals surface area contributed by atoms with Crippen molar-refractivity contribution in [2.75, 3.05) is 6.26 Å². The molecule has 3 rings (SSSR count). The van der Waals surface area contributed by atoms with Crippen LogP contribution in [0.4, 0.5) is 0 Å². The number of aromatic nitrogens is 3. The van der Waals surface area contributed by atoms with Crippen molar-refractivity contribution in [2.24, 2.45) is 0 Å². The van der Waals surface area contributed by atoms with Gasteiger partial charge in [0, 0.05) is 28.7 Å².